The van der Waals surface area contributed by atoms with E-state index in [-0.39, 0.29) is 0 Å². The maximum atomic E-state index is 4.80. The number of benzene rings is 1. The highest BCUT2D eigenvalue weighted by atomic mass is 15.1. The summed E-state index contributed by atoms with van der Waals surface area (Å²) >= 11 is 0. The van der Waals surface area contributed by atoms with Gasteiger partial charge in [0.05, 0.1) is 5.52 Å². The van der Waals surface area contributed by atoms with Gasteiger partial charge in [0.1, 0.15) is 0 Å². The summed E-state index contributed by atoms with van der Waals surface area (Å²) in [5.41, 5.74) is 3.99. The van der Waals surface area contributed by atoms with E-state index in [1.165, 1.54) is 42.4 Å². The van der Waals surface area contributed by atoms with Crippen LogP contribution in [0.5, 0.6) is 0 Å². The third kappa shape index (κ3) is 3.74. The van der Waals surface area contributed by atoms with E-state index in [2.05, 4.69) is 63.2 Å². The summed E-state index contributed by atoms with van der Waals surface area (Å²) < 4.78 is 0. The molecule has 1 aliphatic heterocycles. The van der Waals surface area contributed by atoms with Crippen molar-refractivity contribution in [2.75, 3.05) is 20.1 Å². The van der Waals surface area contributed by atoms with Crippen LogP contribution in [-0.2, 0) is 6.42 Å². The maximum absolute atomic E-state index is 4.80. The van der Waals surface area contributed by atoms with E-state index in [0.29, 0.717) is 11.8 Å². The minimum Gasteiger partial charge on any atom is -0.306 e. The van der Waals surface area contributed by atoms with Crippen LogP contribution in [0.3, 0.4) is 0 Å². The molecular formula is C21H30N2. The summed E-state index contributed by atoms with van der Waals surface area (Å²) in [5.74, 6) is 2.12. The monoisotopic (exact) mass is 310 g/mol. The van der Waals surface area contributed by atoms with Crippen molar-refractivity contribution in [2.24, 2.45) is 11.8 Å². The number of pyridine rings is 1. The Balaban J connectivity index is 1.87. The first-order valence-electron chi connectivity index (χ1n) is 9.14. The molecule has 0 spiro atoms. The number of piperidine rings is 1. The first kappa shape index (κ1) is 16.4. The molecule has 1 aromatic carbocycles. The molecule has 2 heterocycles. The molecule has 0 saturated carbocycles. The first-order chi connectivity index (χ1) is 11.1. The Bertz CT molecular complexity index is 662. The summed E-state index contributed by atoms with van der Waals surface area (Å²) in [5, 5.41) is 1.30. The molecular weight excluding hydrogens is 280 g/mol. The highest BCUT2D eigenvalue weighted by Crippen LogP contribution is 2.35. The molecule has 3 rings (SSSR count). The Labute approximate surface area is 140 Å². The van der Waals surface area contributed by atoms with E-state index in [9.17, 15) is 0 Å². The molecule has 0 amide bonds. The Morgan fingerprint density at radius 1 is 1.26 bits per heavy atom. The Morgan fingerprint density at radius 3 is 2.83 bits per heavy atom. The molecule has 0 aliphatic carbocycles. The van der Waals surface area contributed by atoms with Crippen molar-refractivity contribution in [2.45, 2.75) is 46.0 Å². The second kappa shape index (κ2) is 7.00. The van der Waals surface area contributed by atoms with Gasteiger partial charge in [-0.25, -0.2) is 0 Å². The molecule has 0 N–H and O–H groups in total. The van der Waals surface area contributed by atoms with E-state index in [4.69, 9.17) is 4.98 Å². The predicted octanol–water partition coefficient (Wildman–Crippen LogP) is 4.88. The fourth-order valence-electron chi connectivity index (χ4n) is 4.05. The summed E-state index contributed by atoms with van der Waals surface area (Å²) in [6.45, 7) is 9.28. The van der Waals surface area contributed by atoms with Gasteiger partial charge in [0, 0.05) is 18.1 Å². The van der Waals surface area contributed by atoms with Gasteiger partial charge in [-0.05, 0) is 67.4 Å². The van der Waals surface area contributed by atoms with Crippen LogP contribution in [-0.4, -0.2) is 30.0 Å². The average Bonchev–Trinajstić information content (AvgIpc) is 2.53. The van der Waals surface area contributed by atoms with E-state index in [1.54, 1.807) is 0 Å². The molecule has 2 heteroatoms. The van der Waals surface area contributed by atoms with Crippen molar-refractivity contribution in [3.05, 3.63) is 41.6 Å². The van der Waals surface area contributed by atoms with Crippen LogP contribution in [0.15, 0.2) is 30.5 Å². The first-order valence-corrected chi connectivity index (χ1v) is 9.14. The molecule has 23 heavy (non-hydrogen) atoms. The summed E-state index contributed by atoms with van der Waals surface area (Å²) in [4.78, 5) is 7.27. The van der Waals surface area contributed by atoms with Gasteiger partial charge in [0.2, 0.25) is 0 Å². The molecule has 0 radical (unpaired) electrons. The molecule has 2 aromatic rings. The summed E-state index contributed by atoms with van der Waals surface area (Å²) in [6.07, 6.45) is 5.78. The predicted molar refractivity (Wildman–Crippen MR) is 98.9 cm³/mol. The third-order valence-corrected chi connectivity index (χ3v) is 5.30. The topological polar surface area (TPSA) is 16.1 Å². The fraction of sp³-hybridized carbons (Fsp3) is 0.571. The van der Waals surface area contributed by atoms with Crippen molar-refractivity contribution < 1.29 is 0 Å². The van der Waals surface area contributed by atoms with Gasteiger partial charge in [-0.3, -0.25) is 4.98 Å². The molecule has 1 aliphatic rings. The molecule has 0 unspecified atom stereocenters. The lowest BCUT2D eigenvalue weighted by Crippen LogP contribution is -2.36. The van der Waals surface area contributed by atoms with Gasteiger partial charge in [0.25, 0.3) is 0 Å². The Hall–Kier alpha value is -1.41. The largest absolute Gasteiger partial charge is 0.306 e. The molecule has 2 atom stereocenters. The van der Waals surface area contributed by atoms with E-state index in [1.807, 2.05) is 0 Å². The fourth-order valence-corrected chi connectivity index (χ4v) is 4.05. The van der Waals surface area contributed by atoms with Crippen LogP contribution in [0.2, 0.25) is 0 Å². The van der Waals surface area contributed by atoms with Gasteiger partial charge >= 0.3 is 0 Å². The van der Waals surface area contributed by atoms with E-state index in [0.717, 1.165) is 17.9 Å². The van der Waals surface area contributed by atoms with Gasteiger partial charge < -0.3 is 4.90 Å². The SMILES string of the molecule is CC[C@H]1CN(C)CC[C@@H]1c1cnc2cc(CC(C)C)ccc2c1. The number of likely N-dealkylation sites (tertiary alicyclic amines) is 1. The lowest BCUT2D eigenvalue weighted by Gasteiger charge is -2.36. The average molecular weight is 310 g/mol. The second-order valence-corrected chi connectivity index (χ2v) is 7.72. The Kier molecular flexibility index (Phi) is 5.01. The van der Waals surface area contributed by atoms with Crippen molar-refractivity contribution in [1.29, 1.82) is 0 Å². The van der Waals surface area contributed by atoms with E-state index < -0.39 is 0 Å². The van der Waals surface area contributed by atoms with E-state index >= 15 is 0 Å². The zero-order valence-electron chi connectivity index (χ0n) is 15.0. The zero-order valence-corrected chi connectivity index (χ0v) is 15.0. The Morgan fingerprint density at radius 2 is 2.09 bits per heavy atom. The van der Waals surface area contributed by atoms with Gasteiger partial charge in [-0.15, -0.1) is 0 Å². The van der Waals surface area contributed by atoms with Crippen molar-refractivity contribution in [1.82, 2.24) is 9.88 Å². The van der Waals surface area contributed by atoms with Crippen LogP contribution < -0.4 is 0 Å². The van der Waals surface area contributed by atoms with Crippen LogP contribution in [0.25, 0.3) is 10.9 Å². The van der Waals surface area contributed by atoms with Crippen LogP contribution >= 0.6 is 0 Å². The number of rotatable bonds is 4. The number of hydrogen-bond acceptors (Lipinski definition) is 2. The lowest BCUT2D eigenvalue weighted by molar-refractivity contribution is 0.180. The highest BCUT2D eigenvalue weighted by Gasteiger charge is 2.27. The summed E-state index contributed by atoms with van der Waals surface area (Å²) in [7, 11) is 2.24. The highest BCUT2D eigenvalue weighted by molar-refractivity contribution is 5.79. The lowest BCUT2D eigenvalue weighted by atomic mass is 9.79. The number of hydrogen-bond donors (Lipinski definition) is 0. The van der Waals surface area contributed by atoms with Crippen LogP contribution in [0.4, 0.5) is 0 Å². The smallest absolute Gasteiger partial charge is 0.0704 e. The molecule has 1 fully saturated rings. The molecule has 1 saturated heterocycles. The standard InChI is InChI=1S/C21H30N2/c1-5-17-14-23(4)9-8-20(17)19-12-18-7-6-16(10-15(2)3)11-21(18)22-13-19/h6-7,11-13,15,17,20H,5,8-10,14H2,1-4H3/t17-,20-/m0/s1. The third-order valence-electron chi connectivity index (χ3n) is 5.30. The summed E-state index contributed by atoms with van der Waals surface area (Å²) in [6, 6.07) is 9.20. The van der Waals surface area contributed by atoms with Crippen LogP contribution in [0.1, 0.15) is 50.7 Å². The van der Waals surface area contributed by atoms with Gasteiger partial charge in [-0.2, -0.15) is 0 Å². The minimum atomic E-state index is 0.670. The number of nitrogens with zero attached hydrogens (tertiary/aromatic N) is 2. The van der Waals surface area contributed by atoms with Gasteiger partial charge in [-0.1, -0.05) is 39.3 Å². The van der Waals surface area contributed by atoms with Crippen molar-refractivity contribution in [3.8, 4) is 0 Å². The number of fused-ring (bicyclic) bond motifs is 1. The molecule has 124 valence electrons. The van der Waals surface area contributed by atoms with Gasteiger partial charge in [0.15, 0.2) is 0 Å². The molecule has 0 bridgehead atoms. The molecule has 1 aromatic heterocycles. The minimum absolute atomic E-state index is 0.670. The quantitative estimate of drug-likeness (QED) is 0.800. The molecule has 2 nitrogen and oxygen atoms in total. The number of aromatic nitrogens is 1. The second-order valence-electron chi connectivity index (χ2n) is 7.72. The van der Waals surface area contributed by atoms with Crippen molar-refractivity contribution >= 4 is 10.9 Å². The van der Waals surface area contributed by atoms with Crippen LogP contribution in [0, 0.1) is 11.8 Å². The maximum Gasteiger partial charge on any atom is 0.0704 e. The normalized spacial score (nSPS) is 22.8. The van der Waals surface area contributed by atoms with Crippen molar-refractivity contribution in [3.63, 3.8) is 0 Å². The zero-order chi connectivity index (χ0) is 16.4.